The molecule has 140 valence electrons. The minimum atomic E-state index is 0.0221. The lowest BCUT2D eigenvalue weighted by molar-refractivity contribution is -0.0384. The molecule has 0 aromatic carbocycles. The van der Waals surface area contributed by atoms with E-state index >= 15 is 0 Å². The SMILES string of the molecule is CNC1CCC(Oc2ccc(-c3ccnn3C3CCCCO3)nc2)CC1. The minimum Gasteiger partial charge on any atom is -0.489 e. The molecule has 0 amide bonds. The van der Waals surface area contributed by atoms with Crippen molar-refractivity contribution < 1.29 is 9.47 Å². The first kappa shape index (κ1) is 17.5. The fraction of sp³-hybridized carbons (Fsp3) is 0.600. The van der Waals surface area contributed by atoms with E-state index in [9.17, 15) is 0 Å². The topological polar surface area (TPSA) is 61.2 Å². The second-order valence-electron chi connectivity index (χ2n) is 7.24. The van der Waals surface area contributed by atoms with Crippen LogP contribution in [-0.4, -0.2) is 40.6 Å². The van der Waals surface area contributed by atoms with Gasteiger partial charge in [0.1, 0.15) is 5.75 Å². The third-order valence-electron chi connectivity index (χ3n) is 5.48. The molecule has 2 aromatic heterocycles. The Morgan fingerprint density at radius 2 is 2.00 bits per heavy atom. The van der Waals surface area contributed by atoms with Gasteiger partial charge < -0.3 is 14.8 Å². The van der Waals surface area contributed by atoms with Crippen molar-refractivity contribution in [3.63, 3.8) is 0 Å². The van der Waals surface area contributed by atoms with Gasteiger partial charge in [-0.1, -0.05) is 0 Å². The number of hydrogen-bond acceptors (Lipinski definition) is 5. The fourth-order valence-electron chi connectivity index (χ4n) is 3.93. The van der Waals surface area contributed by atoms with Gasteiger partial charge in [0.15, 0.2) is 6.23 Å². The molecule has 2 aliphatic rings. The molecule has 26 heavy (non-hydrogen) atoms. The standard InChI is InChI=1S/C20H28N4O2/c1-21-15-5-7-16(8-6-15)26-17-9-10-18(22-14-17)19-11-12-23-24(19)20-4-2-3-13-25-20/h9-12,14-16,20-21H,2-8,13H2,1H3. The van der Waals surface area contributed by atoms with E-state index in [2.05, 4.69) is 15.4 Å². The predicted molar refractivity (Wildman–Crippen MR) is 100 cm³/mol. The number of rotatable bonds is 5. The summed E-state index contributed by atoms with van der Waals surface area (Å²) in [6.07, 6.45) is 11.8. The van der Waals surface area contributed by atoms with E-state index < -0.39 is 0 Å². The van der Waals surface area contributed by atoms with Crippen LogP contribution in [0.25, 0.3) is 11.4 Å². The third-order valence-corrected chi connectivity index (χ3v) is 5.48. The maximum Gasteiger partial charge on any atom is 0.150 e. The van der Waals surface area contributed by atoms with E-state index in [1.54, 1.807) is 0 Å². The number of hydrogen-bond donors (Lipinski definition) is 1. The van der Waals surface area contributed by atoms with Gasteiger partial charge in [0.05, 0.1) is 23.7 Å². The van der Waals surface area contributed by atoms with Crippen LogP contribution in [0.3, 0.4) is 0 Å². The first-order valence-corrected chi connectivity index (χ1v) is 9.79. The van der Waals surface area contributed by atoms with Crippen LogP contribution in [0.4, 0.5) is 0 Å². The van der Waals surface area contributed by atoms with E-state index in [4.69, 9.17) is 9.47 Å². The van der Waals surface area contributed by atoms with Crippen LogP contribution < -0.4 is 10.1 Å². The number of aromatic nitrogens is 3. The number of nitrogens with zero attached hydrogens (tertiary/aromatic N) is 3. The quantitative estimate of drug-likeness (QED) is 0.888. The first-order chi connectivity index (χ1) is 12.8. The highest BCUT2D eigenvalue weighted by molar-refractivity contribution is 5.54. The zero-order valence-electron chi connectivity index (χ0n) is 15.4. The minimum absolute atomic E-state index is 0.0221. The Morgan fingerprint density at radius 3 is 2.69 bits per heavy atom. The summed E-state index contributed by atoms with van der Waals surface area (Å²) in [6, 6.07) is 6.67. The van der Waals surface area contributed by atoms with Gasteiger partial charge in [-0.2, -0.15) is 5.10 Å². The zero-order chi connectivity index (χ0) is 17.8. The van der Waals surface area contributed by atoms with Crippen LogP contribution in [-0.2, 0) is 4.74 Å². The molecule has 2 fully saturated rings. The van der Waals surface area contributed by atoms with Gasteiger partial charge in [0.25, 0.3) is 0 Å². The molecule has 1 atom stereocenters. The van der Waals surface area contributed by atoms with Crippen molar-refractivity contribution in [1.82, 2.24) is 20.1 Å². The highest BCUT2D eigenvalue weighted by atomic mass is 16.5. The molecule has 1 aliphatic heterocycles. The van der Waals surface area contributed by atoms with Crippen molar-refractivity contribution in [3.8, 4) is 17.1 Å². The Kier molecular flexibility index (Phi) is 5.51. The van der Waals surface area contributed by atoms with E-state index in [0.29, 0.717) is 12.1 Å². The Labute approximate surface area is 154 Å². The summed E-state index contributed by atoms with van der Waals surface area (Å²) in [5, 5.41) is 7.82. The number of nitrogens with one attached hydrogen (secondary N) is 1. The van der Waals surface area contributed by atoms with Crippen LogP contribution in [0.15, 0.2) is 30.6 Å². The largest absolute Gasteiger partial charge is 0.489 e. The fourth-order valence-corrected chi connectivity index (χ4v) is 3.93. The lowest BCUT2D eigenvalue weighted by Crippen LogP contribution is -2.34. The zero-order valence-corrected chi connectivity index (χ0v) is 15.4. The van der Waals surface area contributed by atoms with Crippen LogP contribution in [0.5, 0.6) is 5.75 Å². The molecule has 1 saturated carbocycles. The van der Waals surface area contributed by atoms with Gasteiger partial charge in [-0.3, -0.25) is 4.98 Å². The molecule has 0 spiro atoms. The van der Waals surface area contributed by atoms with E-state index in [0.717, 1.165) is 49.4 Å². The van der Waals surface area contributed by atoms with E-state index in [1.807, 2.05) is 42.3 Å². The molecule has 3 heterocycles. The highest BCUT2D eigenvalue weighted by Crippen LogP contribution is 2.29. The summed E-state index contributed by atoms with van der Waals surface area (Å²) in [4.78, 5) is 4.62. The molecule has 1 unspecified atom stereocenters. The molecule has 0 radical (unpaired) electrons. The van der Waals surface area contributed by atoms with Crippen molar-refractivity contribution in [3.05, 3.63) is 30.6 Å². The second kappa shape index (κ2) is 8.18. The van der Waals surface area contributed by atoms with Crippen LogP contribution in [0.2, 0.25) is 0 Å². The molecule has 1 saturated heterocycles. The summed E-state index contributed by atoms with van der Waals surface area (Å²) in [5.74, 6) is 0.849. The average molecular weight is 356 g/mol. The predicted octanol–water partition coefficient (Wildman–Crippen LogP) is 3.55. The van der Waals surface area contributed by atoms with Crippen LogP contribution in [0, 0.1) is 0 Å². The van der Waals surface area contributed by atoms with Gasteiger partial charge in [-0.15, -0.1) is 0 Å². The molecule has 0 bridgehead atoms. The summed E-state index contributed by atoms with van der Waals surface area (Å²) in [7, 11) is 2.04. The average Bonchev–Trinajstić information content (AvgIpc) is 3.20. The summed E-state index contributed by atoms with van der Waals surface area (Å²) >= 11 is 0. The van der Waals surface area contributed by atoms with Gasteiger partial charge in [0.2, 0.25) is 0 Å². The smallest absolute Gasteiger partial charge is 0.150 e. The number of pyridine rings is 1. The maximum atomic E-state index is 6.13. The van der Waals surface area contributed by atoms with Crippen LogP contribution >= 0.6 is 0 Å². The lowest BCUT2D eigenvalue weighted by Gasteiger charge is -2.28. The molecular formula is C20H28N4O2. The Morgan fingerprint density at radius 1 is 1.12 bits per heavy atom. The Bertz CT molecular complexity index is 686. The molecule has 1 N–H and O–H groups in total. The molecular weight excluding hydrogens is 328 g/mol. The van der Waals surface area contributed by atoms with Gasteiger partial charge in [0, 0.05) is 18.8 Å². The summed E-state index contributed by atoms with van der Waals surface area (Å²) < 4.78 is 14.0. The summed E-state index contributed by atoms with van der Waals surface area (Å²) in [5.41, 5.74) is 1.90. The van der Waals surface area contributed by atoms with Crippen molar-refractivity contribution >= 4 is 0 Å². The Hall–Kier alpha value is -1.92. The van der Waals surface area contributed by atoms with Crippen molar-refractivity contribution in [1.29, 1.82) is 0 Å². The molecule has 2 aromatic rings. The lowest BCUT2D eigenvalue weighted by atomic mass is 9.93. The maximum absolute atomic E-state index is 6.13. The number of ether oxygens (including phenoxy) is 2. The van der Waals surface area contributed by atoms with E-state index in [-0.39, 0.29) is 6.23 Å². The van der Waals surface area contributed by atoms with Crippen molar-refractivity contribution in [2.75, 3.05) is 13.7 Å². The third kappa shape index (κ3) is 3.91. The highest BCUT2D eigenvalue weighted by Gasteiger charge is 2.22. The molecule has 6 nitrogen and oxygen atoms in total. The van der Waals surface area contributed by atoms with Crippen molar-refractivity contribution in [2.24, 2.45) is 0 Å². The van der Waals surface area contributed by atoms with E-state index in [1.165, 1.54) is 19.3 Å². The normalized spacial score (nSPS) is 26.6. The molecule has 1 aliphatic carbocycles. The monoisotopic (exact) mass is 356 g/mol. The van der Waals surface area contributed by atoms with Gasteiger partial charge in [-0.05, 0) is 70.2 Å². The summed E-state index contributed by atoms with van der Waals surface area (Å²) in [6.45, 7) is 0.806. The molecule has 6 heteroatoms. The van der Waals surface area contributed by atoms with Crippen molar-refractivity contribution in [2.45, 2.75) is 63.3 Å². The second-order valence-corrected chi connectivity index (χ2v) is 7.24. The van der Waals surface area contributed by atoms with Gasteiger partial charge >= 0.3 is 0 Å². The molecule has 4 rings (SSSR count). The van der Waals surface area contributed by atoms with Crippen LogP contribution in [0.1, 0.15) is 51.2 Å². The van der Waals surface area contributed by atoms with Gasteiger partial charge in [-0.25, -0.2) is 4.68 Å². The Balaban J connectivity index is 1.41. The first-order valence-electron chi connectivity index (χ1n) is 9.79.